The molecule has 0 aromatic carbocycles. The highest BCUT2D eigenvalue weighted by molar-refractivity contribution is 5.07. The number of hydrogen-bond donors (Lipinski definition) is 0. The van der Waals surface area contributed by atoms with Crippen LogP contribution in [0.1, 0.15) is 65.2 Å². The van der Waals surface area contributed by atoms with Gasteiger partial charge in [-0.2, -0.15) is 0 Å². The third-order valence-corrected chi connectivity index (χ3v) is 7.24. The van der Waals surface area contributed by atoms with E-state index in [-0.39, 0.29) is 0 Å². The first-order chi connectivity index (χ1) is 8.15. The molecular formula is C17H28. The summed E-state index contributed by atoms with van der Waals surface area (Å²) >= 11 is 0. The van der Waals surface area contributed by atoms with Gasteiger partial charge in [0.05, 0.1) is 0 Å². The molecule has 4 aliphatic carbocycles. The molecular weight excluding hydrogens is 204 g/mol. The average molecular weight is 232 g/mol. The number of fused-ring (bicyclic) bond motifs is 6. The van der Waals surface area contributed by atoms with E-state index in [0.29, 0.717) is 5.41 Å². The summed E-state index contributed by atoms with van der Waals surface area (Å²) in [7, 11) is 0. The molecule has 0 aromatic rings. The van der Waals surface area contributed by atoms with Crippen molar-refractivity contribution < 1.29 is 0 Å². The first kappa shape index (κ1) is 10.9. The number of hydrogen-bond acceptors (Lipinski definition) is 0. The molecule has 0 N–H and O–H groups in total. The van der Waals surface area contributed by atoms with E-state index in [0.717, 1.165) is 35.5 Å². The SMILES string of the molecule is CC1(C)CC2CC1C1CC3CCCCC3CC21. The van der Waals surface area contributed by atoms with Crippen LogP contribution < -0.4 is 0 Å². The van der Waals surface area contributed by atoms with E-state index in [9.17, 15) is 0 Å². The maximum absolute atomic E-state index is 2.56. The summed E-state index contributed by atoms with van der Waals surface area (Å²) in [6.45, 7) is 5.11. The summed E-state index contributed by atoms with van der Waals surface area (Å²) < 4.78 is 0. The maximum atomic E-state index is 2.56. The van der Waals surface area contributed by atoms with Crippen molar-refractivity contribution in [3.63, 3.8) is 0 Å². The second-order valence-corrected chi connectivity index (χ2v) is 8.40. The Morgan fingerprint density at radius 1 is 0.765 bits per heavy atom. The standard InChI is InChI=1S/C17H28/c1-17(2)10-13-9-16(17)15-8-12-6-4-3-5-11(12)7-14(13)15/h11-16H,3-10H2,1-2H3. The minimum absolute atomic E-state index is 0.688. The highest BCUT2D eigenvalue weighted by atomic mass is 14.6. The van der Waals surface area contributed by atoms with Gasteiger partial charge in [0.15, 0.2) is 0 Å². The fraction of sp³-hybridized carbons (Fsp3) is 1.00. The zero-order valence-corrected chi connectivity index (χ0v) is 11.6. The largest absolute Gasteiger partial charge is 0.0596 e. The van der Waals surface area contributed by atoms with Crippen LogP contribution in [0.25, 0.3) is 0 Å². The van der Waals surface area contributed by atoms with Crippen molar-refractivity contribution in [2.75, 3.05) is 0 Å². The monoisotopic (exact) mass is 232 g/mol. The first-order valence-corrected chi connectivity index (χ1v) is 8.15. The molecule has 4 saturated carbocycles. The molecule has 2 bridgehead atoms. The summed E-state index contributed by atoms with van der Waals surface area (Å²) in [6, 6.07) is 0. The highest BCUT2D eigenvalue weighted by Crippen LogP contribution is 2.66. The third kappa shape index (κ3) is 1.48. The molecule has 96 valence electrons. The molecule has 0 heteroatoms. The van der Waals surface area contributed by atoms with Gasteiger partial charge in [0.25, 0.3) is 0 Å². The lowest BCUT2D eigenvalue weighted by Crippen LogP contribution is -2.41. The maximum Gasteiger partial charge on any atom is -0.0320 e. The van der Waals surface area contributed by atoms with Gasteiger partial charge in [-0.1, -0.05) is 39.5 Å². The van der Waals surface area contributed by atoms with Crippen LogP contribution in [0.2, 0.25) is 0 Å². The molecule has 0 aromatic heterocycles. The molecule has 0 aliphatic heterocycles. The van der Waals surface area contributed by atoms with Gasteiger partial charge >= 0.3 is 0 Å². The van der Waals surface area contributed by atoms with E-state index in [2.05, 4.69) is 13.8 Å². The van der Waals surface area contributed by atoms with E-state index in [4.69, 9.17) is 0 Å². The van der Waals surface area contributed by atoms with Crippen molar-refractivity contribution in [3.8, 4) is 0 Å². The van der Waals surface area contributed by atoms with Gasteiger partial charge in [0, 0.05) is 0 Å². The molecule has 0 nitrogen and oxygen atoms in total. The first-order valence-electron chi connectivity index (χ1n) is 8.15. The van der Waals surface area contributed by atoms with Crippen molar-refractivity contribution in [2.45, 2.75) is 65.2 Å². The van der Waals surface area contributed by atoms with E-state index >= 15 is 0 Å². The second-order valence-electron chi connectivity index (χ2n) is 8.40. The third-order valence-electron chi connectivity index (χ3n) is 7.24. The molecule has 0 radical (unpaired) electrons. The average Bonchev–Trinajstić information content (AvgIpc) is 2.80. The van der Waals surface area contributed by atoms with Crippen LogP contribution in [0, 0.1) is 40.9 Å². The molecule has 0 spiro atoms. The molecule has 6 atom stereocenters. The Bertz CT molecular complexity index is 316. The van der Waals surface area contributed by atoms with Gasteiger partial charge in [-0.15, -0.1) is 0 Å². The predicted molar refractivity (Wildman–Crippen MR) is 71.7 cm³/mol. The fourth-order valence-electron chi connectivity index (χ4n) is 6.59. The van der Waals surface area contributed by atoms with Gasteiger partial charge in [-0.3, -0.25) is 0 Å². The molecule has 4 aliphatic rings. The topological polar surface area (TPSA) is 0 Å². The summed E-state index contributed by atoms with van der Waals surface area (Å²) in [5.74, 6) is 6.81. The summed E-state index contributed by atoms with van der Waals surface area (Å²) in [4.78, 5) is 0. The fourth-order valence-corrected chi connectivity index (χ4v) is 6.59. The van der Waals surface area contributed by atoms with Gasteiger partial charge < -0.3 is 0 Å². The van der Waals surface area contributed by atoms with Crippen LogP contribution in [0.15, 0.2) is 0 Å². The minimum Gasteiger partial charge on any atom is -0.0596 e. The zero-order chi connectivity index (χ0) is 11.6. The van der Waals surface area contributed by atoms with Crippen LogP contribution in [0.3, 0.4) is 0 Å². The van der Waals surface area contributed by atoms with Crippen LogP contribution in [-0.2, 0) is 0 Å². The quantitative estimate of drug-likeness (QED) is 0.558. The molecule has 0 saturated heterocycles. The molecule has 17 heavy (non-hydrogen) atoms. The van der Waals surface area contributed by atoms with Crippen molar-refractivity contribution in [2.24, 2.45) is 40.9 Å². The van der Waals surface area contributed by atoms with Crippen molar-refractivity contribution in [3.05, 3.63) is 0 Å². The van der Waals surface area contributed by atoms with E-state index in [1.54, 1.807) is 38.5 Å². The predicted octanol–water partition coefficient (Wildman–Crippen LogP) is 4.89. The van der Waals surface area contributed by atoms with E-state index in [1.807, 2.05) is 0 Å². The highest BCUT2D eigenvalue weighted by Gasteiger charge is 2.58. The Morgan fingerprint density at radius 3 is 2.12 bits per heavy atom. The Morgan fingerprint density at radius 2 is 1.41 bits per heavy atom. The lowest BCUT2D eigenvalue weighted by molar-refractivity contribution is 0.00220. The Hall–Kier alpha value is 0. The van der Waals surface area contributed by atoms with Crippen molar-refractivity contribution in [1.82, 2.24) is 0 Å². The van der Waals surface area contributed by atoms with E-state index in [1.165, 1.54) is 12.8 Å². The van der Waals surface area contributed by atoms with Gasteiger partial charge in [0.2, 0.25) is 0 Å². The normalized spacial score (nSPS) is 55.4. The zero-order valence-electron chi connectivity index (χ0n) is 11.6. The lowest BCUT2D eigenvalue weighted by Gasteiger charge is -2.49. The van der Waals surface area contributed by atoms with Crippen molar-refractivity contribution in [1.29, 1.82) is 0 Å². The Kier molecular flexibility index (Phi) is 2.25. The summed E-state index contributed by atoms with van der Waals surface area (Å²) in [5, 5.41) is 0. The number of rotatable bonds is 0. The molecule has 4 fully saturated rings. The summed E-state index contributed by atoms with van der Waals surface area (Å²) in [5.41, 5.74) is 0.688. The van der Waals surface area contributed by atoms with E-state index < -0.39 is 0 Å². The second kappa shape index (κ2) is 3.52. The van der Waals surface area contributed by atoms with Gasteiger partial charge in [-0.25, -0.2) is 0 Å². The van der Waals surface area contributed by atoms with Crippen LogP contribution in [-0.4, -0.2) is 0 Å². The summed E-state index contributed by atoms with van der Waals surface area (Å²) in [6.07, 6.45) is 12.6. The van der Waals surface area contributed by atoms with Crippen LogP contribution >= 0.6 is 0 Å². The van der Waals surface area contributed by atoms with Crippen LogP contribution in [0.4, 0.5) is 0 Å². The Labute approximate surface area is 107 Å². The molecule has 0 heterocycles. The van der Waals surface area contributed by atoms with Gasteiger partial charge in [0.1, 0.15) is 0 Å². The Balaban J connectivity index is 1.58. The van der Waals surface area contributed by atoms with Crippen molar-refractivity contribution >= 4 is 0 Å². The smallest absolute Gasteiger partial charge is 0.0320 e. The minimum atomic E-state index is 0.688. The lowest BCUT2D eigenvalue weighted by atomic mass is 9.56. The molecule has 4 rings (SSSR count). The molecule has 0 amide bonds. The molecule has 6 unspecified atom stereocenters. The van der Waals surface area contributed by atoms with Crippen LogP contribution in [0.5, 0.6) is 0 Å². The van der Waals surface area contributed by atoms with Gasteiger partial charge in [-0.05, 0) is 66.6 Å².